The molecule has 0 saturated heterocycles. The van der Waals surface area contributed by atoms with Crippen LogP contribution in [0.4, 0.5) is 0 Å². The molecule has 0 aliphatic carbocycles. The minimum absolute atomic E-state index is 0.475. The van der Waals surface area contributed by atoms with Crippen LogP contribution < -0.4 is 0 Å². The number of benzene rings is 1. The van der Waals surface area contributed by atoms with Crippen LogP contribution in [-0.4, -0.2) is 29.1 Å². The Hall–Kier alpha value is -0.570. The van der Waals surface area contributed by atoms with Crippen LogP contribution in [0.25, 0.3) is 0 Å². The Balaban J connectivity index is 2.54. The predicted octanol–water partition coefficient (Wildman–Crippen LogP) is 3.88. The van der Waals surface area contributed by atoms with E-state index in [0.29, 0.717) is 11.1 Å². The zero-order chi connectivity index (χ0) is 13.5. The molecule has 1 N–H and O–H groups in total. The molecule has 0 amide bonds. The van der Waals surface area contributed by atoms with E-state index >= 15 is 0 Å². The zero-order valence-corrected chi connectivity index (χ0v) is 12.3. The topological polar surface area (TPSA) is 23.5 Å². The van der Waals surface area contributed by atoms with Crippen molar-refractivity contribution in [2.24, 2.45) is 0 Å². The summed E-state index contributed by atoms with van der Waals surface area (Å²) in [6.45, 7) is 8.54. The van der Waals surface area contributed by atoms with E-state index in [0.717, 1.165) is 31.5 Å². The van der Waals surface area contributed by atoms with Crippen molar-refractivity contribution in [1.29, 1.82) is 0 Å². The molecule has 1 rings (SSSR count). The molecule has 1 aromatic rings. The summed E-state index contributed by atoms with van der Waals surface area (Å²) in [4.78, 5) is 2.39. The molecule has 2 nitrogen and oxygen atoms in total. The maximum Gasteiger partial charge on any atom is 0.0816 e. The van der Waals surface area contributed by atoms with Gasteiger partial charge in [-0.25, -0.2) is 0 Å². The molecular formula is C15H24ClNO. The lowest BCUT2D eigenvalue weighted by atomic mass is 10.1. The van der Waals surface area contributed by atoms with Gasteiger partial charge in [0.2, 0.25) is 0 Å². The minimum atomic E-state index is -0.475. The van der Waals surface area contributed by atoms with Crippen LogP contribution in [0.3, 0.4) is 0 Å². The van der Waals surface area contributed by atoms with E-state index in [-0.39, 0.29) is 0 Å². The molecule has 1 atom stereocenters. The SMILES string of the molecule is CCCN(CCC(O)c1ccccc1Cl)C(C)C. The normalized spacial score (nSPS) is 13.3. The quantitative estimate of drug-likeness (QED) is 0.812. The van der Waals surface area contributed by atoms with Crippen LogP contribution in [0.5, 0.6) is 0 Å². The number of hydrogen-bond donors (Lipinski definition) is 1. The molecule has 0 bridgehead atoms. The lowest BCUT2D eigenvalue weighted by molar-refractivity contribution is 0.130. The van der Waals surface area contributed by atoms with E-state index in [4.69, 9.17) is 11.6 Å². The third-order valence-electron chi connectivity index (χ3n) is 3.20. The minimum Gasteiger partial charge on any atom is -0.388 e. The van der Waals surface area contributed by atoms with Crippen LogP contribution in [0.15, 0.2) is 24.3 Å². The maximum absolute atomic E-state index is 10.2. The van der Waals surface area contributed by atoms with Gasteiger partial charge in [-0.1, -0.05) is 36.7 Å². The number of nitrogens with zero attached hydrogens (tertiary/aromatic N) is 1. The van der Waals surface area contributed by atoms with Crippen molar-refractivity contribution >= 4 is 11.6 Å². The molecule has 0 radical (unpaired) electrons. The zero-order valence-electron chi connectivity index (χ0n) is 11.6. The monoisotopic (exact) mass is 269 g/mol. The fraction of sp³-hybridized carbons (Fsp3) is 0.600. The van der Waals surface area contributed by atoms with Gasteiger partial charge in [-0.3, -0.25) is 0 Å². The number of halogens is 1. The Kier molecular flexibility index (Phi) is 6.69. The molecule has 102 valence electrons. The van der Waals surface area contributed by atoms with Gasteiger partial charge in [-0.05, 0) is 44.9 Å². The first-order chi connectivity index (χ1) is 8.56. The molecule has 0 aliphatic rings. The van der Waals surface area contributed by atoms with Gasteiger partial charge in [-0.15, -0.1) is 0 Å². The van der Waals surface area contributed by atoms with Gasteiger partial charge in [0.05, 0.1) is 6.10 Å². The van der Waals surface area contributed by atoms with Crippen molar-refractivity contribution in [2.45, 2.75) is 45.8 Å². The average Bonchev–Trinajstić information content (AvgIpc) is 2.34. The Bertz CT molecular complexity index is 354. The van der Waals surface area contributed by atoms with Crippen LogP contribution in [0.1, 0.15) is 45.3 Å². The Morgan fingerprint density at radius 1 is 1.22 bits per heavy atom. The first kappa shape index (κ1) is 15.5. The lowest BCUT2D eigenvalue weighted by Gasteiger charge is -2.27. The van der Waals surface area contributed by atoms with Crippen molar-refractivity contribution in [2.75, 3.05) is 13.1 Å². The fourth-order valence-electron chi connectivity index (χ4n) is 2.10. The maximum atomic E-state index is 10.2. The van der Waals surface area contributed by atoms with E-state index in [1.807, 2.05) is 24.3 Å². The summed E-state index contributed by atoms with van der Waals surface area (Å²) in [6, 6.07) is 8.04. The van der Waals surface area contributed by atoms with Gasteiger partial charge in [0.25, 0.3) is 0 Å². The summed E-state index contributed by atoms with van der Waals surface area (Å²) in [5.74, 6) is 0. The summed E-state index contributed by atoms with van der Waals surface area (Å²) in [5.41, 5.74) is 0.833. The van der Waals surface area contributed by atoms with Crippen molar-refractivity contribution in [3.05, 3.63) is 34.9 Å². The molecule has 0 saturated carbocycles. The van der Waals surface area contributed by atoms with Crippen molar-refractivity contribution < 1.29 is 5.11 Å². The van der Waals surface area contributed by atoms with Crippen LogP contribution in [0, 0.1) is 0 Å². The summed E-state index contributed by atoms with van der Waals surface area (Å²) >= 11 is 6.08. The van der Waals surface area contributed by atoms with E-state index < -0.39 is 6.10 Å². The Labute approximate surface area is 116 Å². The Morgan fingerprint density at radius 3 is 2.44 bits per heavy atom. The van der Waals surface area contributed by atoms with E-state index in [2.05, 4.69) is 25.7 Å². The van der Waals surface area contributed by atoms with Gasteiger partial charge < -0.3 is 10.0 Å². The van der Waals surface area contributed by atoms with Crippen LogP contribution in [-0.2, 0) is 0 Å². The highest BCUT2D eigenvalue weighted by atomic mass is 35.5. The van der Waals surface area contributed by atoms with E-state index in [1.54, 1.807) is 0 Å². The first-order valence-electron chi connectivity index (χ1n) is 6.72. The third-order valence-corrected chi connectivity index (χ3v) is 3.54. The molecule has 0 fully saturated rings. The van der Waals surface area contributed by atoms with Gasteiger partial charge in [0.15, 0.2) is 0 Å². The van der Waals surface area contributed by atoms with Crippen molar-refractivity contribution in [1.82, 2.24) is 4.90 Å². The first-order valence-corrected chi connectivity index (χ1v) is 7.10. The molecule has 0 aliphatic heterocycles. The number of rotatable bonds is 7. The average molecular weight is 270 g/mol. The summed E-state index contributed by atoms with van der Waals surface area (Å²) < 4.78 is 0. The second-order valence-electron chi connectivity index (χ2n) is 4.96. The van der Waals surface area contributed by atoms with E-state index in [1.165, 1.54) is 0 Å². The molecular weight excluding hydrogens is 246 g/mol. The number of hydrogen-bond acceptors (Lipinski definition) is 2. The number of aliphatic hydroxyl groups excluding tert-OH is 1. The van der Waals surface area contributed by atoms with Crippen LogP contribution >= 0.6 is 11.6 Å². The van der Waals surface area contributed by atoms with Gasteiger partial charge in [0, 0.05) is 17.6 Å². The van der Waals surface area contributed by atoms with Gasteiger partial charge in [0.1, 0.15) is 0 Å². The van der Waals surface area contributed by atoms with Crippen molar-refractivity contribution in [3.63, 3.8) is 0 Å². The van der Waals surface area contributed by atoms with E-state index in [9.17, 15) is 5.11 Å². The summed E-state index contributed by atoms with van der Waals surface area (Å²) in [6.07, 6.45) is 1.39. The van der Waals surface area contributed by atoms with Gasteiger partial charge in [-0.2, -0.15) is 0 Å². The highest BCUT2D eigenvalue weighted by molar-refractivity contribution is 6.31. The van der Waals surface area contributed by atoms with Crippen molar-refractivity contribution in [3.8, 4) is 0 Å². The molecule has 0 spiro atoms. The Morgan fingerprint density at radius 2 is 1.89 bits per heavy atom. The second kappa shape index (κ2) is 7.78. The lowest BCUT2D eigenvalue weighted by Crippen LogP contribution is -2.33. The number of aliphatic hydroxyl groups is 1. The largest absolute Gasteiger partial charge is 0.388 e. The van der Waals surface area contributed by atoms with Crippen LogP contribution in [0.2, 0.25) is 5.02 Å². The standard InChI is InChI=1S/C15H24ClNO/c1-4-10-17(12(2)3)11-9-15(18)13-7-5-6-8-14(13)16/h5-8,12,15,18H,4,9-11H2,1-3H3. The highest BCUT2D eigenvalue weighted by Gasteiger charge is 2.14. The fourth-order valence-corrected chi connectivity index (χ4v) is 2.37. The molecule has 0 aromatic heterocycles. The second-order valence-corrected chi connectivity index (χ2v) is 5.36. The van der Waals surface area contributed by atoms with Gasteiger partial charge >= 0.3 is 0 Å². The smallest absolute Gasteiger partial charge is 0.0816 e. The summed E-state index contributed by atoms with van der Waals surface area (Å²) in [7, 11) is 0. The highest BCUT2D eigenvalue weighted by Crippen LogP contribution is 2.25. The molecule has 3 heteroatoms. The molecule has 0 heterocycles. The molecule has 1 aromatic carbocycles. The predicted molar refractivity (Wildman–Crippen MR) is 78.0 cm³/mol. The molecule has 18 heavy (non-hydrogen) atoms. The third kappa shape index (κ3) is 4.60. The molecule has 1 unspecified atom stereocenters. The summed E-state index contributed by atoms with van der Waals surface area (Å²) in [5, 5.41) is 10.8.